The molecular weight excluding hydrogens is 450 g/mol. The maximum atomic E-state index is 13.2. The van der Waals surface area contributed by atoms with Gasteiger partial charge in [0, 0.05) is 27.2 Å². The molecule has 26 heavy (non-hydrogen) atoms. The summed E-state index contributed by atoms with van der Waals surface area (Å²) < 4.78 is 19.2. The summed E-state index contributed by atoms with van der Waals surface area (Å²) in [5, 5.41) is 3.24. The average Bonchev–Trinajstić information content (AvgIpc) is 2.58. The molecule has 2 rings (SSSR count). The van der Waals surface area contributed by atoms with Crippen molar-refractivity contribution in [1.82, 2.24) is 15.1 Å². The number of likely N-dealkylation sites (N-methyl/N-ethyl adjacent to an activating group) is 1. The zero-order valence-corrected chi connectivity index (χ0v) is 18.1. The van der Waals surface area contributed by atoms with Crippen molar-refractivity contribution < 1.29 is 13.9 Å². The molecule has 1 aliphatic rings. The molecule has 1 heterocycles. The monoisotopic (exact) mass is 478 g/mol. The van der Waals surface area contributed by atoms with Crippen molar-refractivity contribution in [3.8, 4) is 0 Å². The van der Waals surface area contributed by atoms with Gasteiger partial charge in [-0.05, 0) is 31.5 Å². The van der Waals surface area contributed by atoms with Gasteiger partial charge in [0.2, 0.25) is 5.91 Å². The molecule has 0 aromatic heterocycles. The lowest BCUT2D eigenvalue weighted by Crippen LogP contribution is -2.51. The number of aliphatic imine (C=N–C) groups is 1. The van der Waals surface area contributed by atoms with E-state index in [-0.39, 0.29) is 54.5 Å². The Morgan fingerprint density at radius 3 is 2.58 bits per heavy atom. The van der Waals surface area contributed by atoms with Crippen LogP contribution in [0.4, 0.5) is 4.39 Å². The number of guanidine groups is 1. The fourth-order valence-electron chi connectivity index (χ4n) is 2.70. The van der Waals surface area contributed by atoms with E-state index in [9.17, 15) is 9.18 Å². The van der Waals surface area contributed by atoms with Crippen molar-refractivity contribution in [2.24, 2.45) is 4.99 Å². The summed E-state index contributed by atoms with van der Waals surface area (Å²) >= 11 is 0. The van der Waals surface area contributed by atoms with Crippen LogP contribution in [0, 0.1) is 5.82 Å². The molecule has 1 fully saturated rings. The second-order valence-electron chi connectivity index (χ2n) is 6.35. The average molecular weight is 478 g/mol. The third-order valence-electron chi connectivity index (χ3n) is 4.00. The predicted octanol–water partition coefficient (Wildman–Crippen LogP) is 2.26. The van der Waals surface area contributed by atoms with Crippen LogP contribution in [0.5, 0.6) is 0 Å². The topological polar surface area (TPSA) is 57.2 Å². The van der Waals surface area contributed by atoms with Gasteiger partial charge in [0.1, 0.15) is 18.5 Å². The highest BCUT2D eigenvalue weighted by molar-refractivity contribution is 14.0. The zero-order chi connectivity index (χ0) is 18.4. The van der Waals surface area contributed by atoms with Gasteiger partial charge in [-0.15, -0.1) is 24.0 Å². The number of ether oxygens (including phenoxy) is 1. The second-order valence-corrected chi connectivity index (χ2v) is 6.35. The van der Waals surface area contributed by atoms with Crippen LogP contribution in [-0.2, 0) is 9.53 Å². The molecule has 0 aliphatic carbocycles. The second kappa shape index (κ2) is 10.7. The summed E-state index contributed by atoms with van der Waals surface area (Å²) in [6.45, 7) is 6.07. The number of morpholine rings is 1. The number of carbonyl (C=O) groups excluding carboxylic acids is 1. The van der Waals surface area contributed by atoms with Gasteiger partial charge in [-0.25, -0.2) is 9.38 Å². The smallest absolute Gasteiger partial charge is 0.243 e. The number of hydrogen-bond acceptors (Lipinski definition) is 3. The Kier molecular flexibility index (Phi) is 9.28. The first-order valence-electron chi connectivity index (χ1n) is 8.55. The van der Waals surface area contributed by atoms with E-state index in [1.54, 1.807) is 26.2 Å². The summed E-state index contributed by atoms with van der Waals surface area (Å²) in [5.41, 5.74) is 0.929. The molecule has 0 spiro atoms. The van der Waals surface area contributed by atoms with Crippen molar-refractivity contribution in [3.05, 3.63) is 35.6 Å². The molecule has 2 unspecified atom stereocenters. The van der Waals surface area contributed by atoms with E-state index >= 15 is 0 Å². The lowest BCUT2D eigenvalue weighted by Gasteiger charge is -2.38. The summed E-state index contributed by atoms with van der Waals surface area (Å²) in [7, 11) is 3.43. The van der Waals surface area contributed by atoms with Gasteiger partial charge in [0.15, 0.2) is 5.96 Å². The Morgan fingerprint density at radius 1 is 1.35 bits per heavy atom. The number of rotatable bonds is 4. The van der Waals surface area contributed by atoms with E-state index in [1.165, 1.54) is 17.0 Å². The molecule has 6 nitrogen and oxygen atoms in total. The Balaban J connectivity index is 0.00000338. The first kappa shape index (κ1) is 22.6. The van der Waals surface area contributed by atoms with Gasteiger partial charge in [0.25, 0.3) is 0 Å². The standard InChI is InChI=1S/C18H27FN4O2.HI/c1-5-20-18(21-10-17(24)22(3)4)23-11-13(2)25-16(12-23)14-6-8-15(19)9-7-14;/h6-9,13,16H,5,10-12H2,1-4H3,(H,20,21);1H. The minimum absolute atomic E-state index is 0. The van der Waals surface area contributed by atoms with Gasteiger partial charge in [-0.3, -0.25) is 4.79 Å². The molecule has 0 saturated carbocycles. The molecule has 1 N–H and O–H groups in total. The highest BCUT2D eigenvalue weighted by atomic mass is 127. The van der Waals surface area contributed by atoms with Crippen molar-refractivity contribution in [1.29, 1.82) is 0 Å². The third-order valence-corrected chi connectivity index (χ3v) is 4.00. The Morgan fingerprint density at radius 2 is 2.00 bits per heavy atom. The van der Waals surface area contributed by atoms with Crippen molar-refractivity contribution >= 4 is 35.8 Å². The van der Waals surface area contributed by atoms with Crippen LogP contribution < -0.4 is 5.32 Å². The molecule has 0 radical (unpaired) electrons. The predicted molar refractivity (Wildman–Crippen MR) is 111 cm³/mol. The van der Waals surface area contributed by atoms with Crippen LogP contribution in [-0.4, -0.2) is 68.0 Å². The van der Waals surface area contributed by atoms with Gasteiger partial charge in [-0.2, -0.15) is 0 Å². The Labute approximate surface area is 171 Å². The highest BCUT2D eigenvalue weighted by Gasteiger charge is 2.28. The Bertz CT molecular complexity index is 610. The number of amides is 1. The number of nitrogens with zero attached hydrogens (tertiary/aromatic N) is 3. The largest absolute Gasteiger partial charge is 0.367 e. The van der Waals surface area contributed by atoms with Crippen LogP contribution in [0.25, 0.3) is 0 Å². The van der Waals surface area contributed by atoms with Crippen LogP contribution >= 0.6 is 24.0 Å². The minimum Gasteiger partial charge on any atom is -0.367 e. The highest BCUT2D eigenvalue weighted by Crippen LogP contribution is 2.25. The van der Waals surface area contributed by atoms with E-state index in [2.05, 4.69) is 15.2 Å². The maximum absolute atomic E-state index is 13.2. The molecule has 8 heteroatoms. The fourth-order valence-corrected chi connectivity index (χ4v) is 2.70. The molecule has 0 bridgehead atoms. The van der Waals surface area contributed by atoms with Gasteiger partial charge < -0.3 is 19.9 Å². The molecule has 146 valence electrons. The fraction of sp³-hybridized carbons (Fsp3) is 0.556. The minimum atomic E-state index is -0.262. The van der Waals surface area contributed by atoms with Crippen molar-refractivity contribution in [2.45, 2.75) is 26.1 Å². The summed E-state index contributed by atoms with van der Waals surface area (Å²) in [4.78, 5) is 19.9. The lowest BCUT2D eigenvalue weighted by molar-refractivity contribution is -0.127. The molecule has 1 aromatic rings. The van der Waals surface area contributed by atoms with Crippen molar-refractivity contribution in [2.75, 3.05) is 40.3 Å². The number of hydrogen-bond donors (Lipinski definition) is 1. The third kappa shape index (κ3) is 6.39. The molecule has 1 aromatic carbocycles. The Hall–Kier alpha value is -1.42. The lowest BCUT2D eigenvalue weighted by atomic mass is 10.1. The molecule has 2 atom stereocenters. The number of halogens is 2. The number of nitrogens with one attached hydrogen (secondary N) is 1. The van der Waals surface area contributed by atoms with Gasteiger partial charge >= 0.3 is 0 Å². The summed E-state index contributed by atoms with van der Waals surface area (Å²) in [6.07, 6.45) is -0.171. The van der Waals surface area contributed by atoms with E-state index in [4.69, 9.17) is 4.74 Å². The van der Waals surface area contributed by atoms with Crippen LogP contribution in [0.2, 0.25) is 0 Å². The quantitative estimate of drug-likeness (QED) is 0.410. The van der Waals surface area contributed by atoms with Crippen LogP contribution in [0.15, 0.2) is 29.3 Å². The zero-order valence-electron chi connectivity index (χ0n) is 15.7. The molecular formula is C18H28FIN4O2. The molecule has 1 amide bonds. The molecule has 1 saturated heterocycles. The number of benzene rings is 1. The van der Waals surface area contributed by atoms with Crippen LogP contribution in [0.3, 0.4) is 0 Å². The van der Waals surface area contributed by atoms with Crippen LogP contribution in [0.1, 0.15) is 25.5 Å². The first-order chi connectivity index (χ1) is 11.9. The van der Waals surface area contributed by atoms with E-state index in [1.807, 2.05) is 13.8 Å². The van der Waals surface area contributed by atoms with E-state index in [0.717, 1.165) is 5.56 Å². The SMILES string of the molecule is CCNC(=NCC(=O)N(C)C)N1CC(C)OC(c2ccc(F)cc2)C1.I. The summed E-state index contributed by atoms with van der Waals surface area (Å²) in [5.74, 6) is 0.383. The molecule has 1 aliphatic heterocycles. The summed E-state index contributed by atoms with van der Waals surface area (Å²) in [6, 6.07) is 6.38. The van der Waals surface area contributed by atoms with Gasteiger partial charge in [0.05, 0.1) is 12.6 Å². The maximum Gasteiger partial charge on any atom is 0.243 e. The normalized spacial score (nSPS) is 20.3. The van der Waals surface area contributed by atoms with E-state index in [0.29, 0.717) is 25.6 Å². The number of carbonyl (C=O) groups is 1. The van der Waals surface area contributed by atoms with E-state index < -0.39 is 0 Å². The first-order valence-corrected chi connectivity index (χ1v) is 8.55. The van der Waals surface area contributed by atoms with Crippen molar-refractivity contribution in [3.63, 3.8) is 0 Å². The van der Waals surface area contributed by atoms with Gasteiger partial charge in [-0.1, -0.05) is 12.1 Å².